The molecule has 8 nitrogen and oxygen atoms in total. The van der Waals surface area contributed by atoms with E-state index in [0.717, 1.165) is 5.56 Å². The van der Waals surface area contributed by atoms with Crippen LogP contribution in [0, 0.1) is 0 Å². The molecule has 0 spiro atoms. The van der Waals surface area contributed by atoms with E-state index in [0.29, 0.717) is 31.7 Å². The summed E-state index contributed by atoms with van der Waals surface area (Å²) in [6, 6.07) is 8.76. The summed E-state index contributed by atoms with van der Waals surface area (Å²) in [6.07, 6.45) is 3.72. The zero-order chi connectivity index (χ0) is 18.4. The highest BCUT2D eigenvalue weighted by atomic mass is 16.5. The number of aromatic nitrogens is 2. The number of hydrogen-bond acceptors (Lipinski definition) is 5. The molecule has 8 heteroatoms. The molecule has 3 rings (SSSR count). The fraction of sp³-hybridized carbons (Fsp3) is 0.389. The fourth-order valence-corrected chi connectivity index (χ4v) is 2.87. The van der Waals surface area contributed by atoms with Crippen LogP contribution in [0.5, 0.6) is 0 Å². The van der Waals surface area contributed by atoms with Gasteiger partial charge < -0.3 is 19.9 Å². The number of ether oxygens (including phenoxy) is 2. The van der Waals surface area contributed by atoms with Gasteiger partial charge in [-0.25, -0.2) is 4.79 Å². The lowest BCUT2D eigenvalue weighted by Crippen LogP contribution is -2.51. The van der Waals surface area contributed by atoms with Crippen LogP contribution in [0.15, 0.2) is 42.7 Å². The molecule has 0 aliphatic carbocycles. The lowest BCUT2D eigenvalue weighted by Gasteiger charge is -2.31. The van der Waals surface area contributed by atoms with E-state index >= 15 is 0 Å². The normalized spacial score (nSPS) is 19.8. The van der Waals surface area contributed by atoms with Gasteiger partial charge in [0.05, 0.1) is 25.3 Å². The van der Waals surface area contributed by atoms with Crippen molar-refractivity contribution in [2.75, 3.05) is 19.8 Å². The Labute approximate surface area is 150 Å². The Morgan fingerprint density at radius 3 is 3.04 bits per heavy atom. The smallest absolute Gasteiger partial charge is 0.329 e. The molecule has 1 amide bonds. The molecule has 2 aromatic rings. The predicted octanol–water partition coefficient (Wildman–Crippen LogP) is 0.920. The van der Waals surface area contributed by atoms with E-state index in [4.69, 9.17) is 14.6 Å². The molecule has 1 aromatic heterocycles. The Hall–Kier alpha value is -2.71. The number of hydrogen-bond donors (Lipinski definition) is 2. The van der Waals surface area contributed by atoms with Gasteiger partial charge in [-0.1, -0.05) is 12.1 Å². The number of nitrogens with one attached hydrogen (secondary N) is 1. The summed E-state index contributed by atoms with van der Waals surface area (Å²) in [5, 5.41) is 15.8. The van der Waals surface area contributed by atoms with Crippen LogP contribution in [0.3, 0.4) is 0 Å². The molecule has 26 heavy (non-hydrogen) atoms. The van der Waals surface area contributed by atoms with Crippen LogP contribution in [0.2, 0.25) is 0 Å². The first-order chi connectivity index (χ1) is 12.6. The second kappa shape index (κ2) is 8.59. The number of carboxylic acid groups (broad SMARTS) is 1. The molecule has 2 atom stereocenters. The van der Waals surface area contributed by atoms with Crippen molar-refractivity contribution in [2.24, 2.45) is 0 Å². The monoisotopic (exact) mass is 359 g/mol. The Bertz CT molecular complexity index is 747. The van der Waals surface area contributed by atoms with Crippen LogP contribution in [-0.2, 0) is 20.8 Å². The van der Waals surface area contributed by atoms with Gasteiger partial charge in [0, 0.05) is 24.6 Å². The summed E-state index contributed by atoms with van der Waals surface area (Å²) < 4.78 is 12.6. The maximum atomic E-state index is 12.6. The molecule has 2 heterocycles. The van der Waals surface area contributed by atoms with Gasteiger partial charge in [0.2, 0.25) is 0 Å². The van der Waals surface area contributed by atoms with Crippen LogP contribution in [-0.4, -0.2) is 58.7 Å². The van der Waals surface area contributed by atoms with E-state index in [9.17, 15) is 9.59 Å². The number of carboxylic acids is 1. The molecule has 0 radical (unpaired) electrons. The summed E-state index contributed by atoms with van der Waals surface area (Å²) in [7, 11) is 0. The molecule has 138 valence electrons. The lowest BCUT2D eigenvalue weighted by atomic mass is 10.0. The van der Waals surface area contributed by atoms with Crippen molar-refractivity contribution in [1.82, 2.24) is 15.1 Å². The maximum Gasteiger partial charge on any atom is 0.329 e. The van der Waals surface area contributed by atoms with E-state index in [1.807, 2.05) is 30.5 Å². The first kappa shape index (κ1) is 18.1. The molecule has 2 N–H and O–H groups in total. The summed E-state index contributed by atoms with van der Waals surface area (Å²) in [5.41, 5.74) is 1.48. The van der Waals surface area contributed by atoms with Gasteiger partial charge in [-0.3, -0.25) is 9.48 Å². The summed E-state index contributed by atoms with van der Waals surface area (Å²) in [6.45, 7) is 0.959. The Balaban J connectivity index is 1.63. The predicted molar refractivity (Wildman–Crippen MR) is 91.8 cm³/mol. The van der Waals surface area contributed by atoms with E-state index in [2.05, 4.69) is 10.4 Å². The SMILES string of the molecule is O=C(O)CO[C@H]1CCOC[C@H]1NC(=O)c1cccc(Cn2cccn2)c1. The highest BCUT2D eigenvalue weighted by molar-refractivity contribution is 5.94. The third-order valence-electron chi connectivity index (χ3n) is 4.12. The fourth-order valence-electron chi connectivity index (χ4n) is 2.87. The average molecular weight is 359 g/mol. The molecule has 0 bridgehead atoms. The minimum Gasteiger partial charge on any atom is -0.480 e. The molecule has 0 unspecified atom stereocenters. The Kier molecular flexibility index (Phi) is 5.98. The molecular weight excluding hydrogens is 338 g/mol. The summed E-state index contributed by atoms with van der Waals surface area (Å²) in [5.74, 6) is -1.28. The first-order valence-corrected chi connectivity index (χ1v) is 8.40. The quantitative estimate of drug-likeness (QED) is 0.762. The summed E-state index contributed by atoms with van der Waals surface area (Å²) >= 11 is 0. The zero-order valence-corrected chi connectivity index (χ0v) is 14.2. The average Bonchev–Trinajstić information content (AvgIpc) is 3.14. The number of rotatable bonds is 7. The second-order valence-corrected chi connectivity index (χ2v) is 6.09. The molecule has 1 aromatic carbocycles. The molecule has 1 saturated heterocycles. The summed E-state index contributed by atoms with van der Waals surface area (Å²) in [4.78, 5) is 23.3. The number of benzene rings is 1. The molecule has 0 saturated carbocycles. The van der Waals surface area contributed by atoms with Gasteiger partial charge in [0.25, 0.3) is 5.91 Å². The topological polar surface area (TPSA) is 103 Å². The van der Waals surface area contributed by atoms with E-state index in [1.165, 1.54) is 0 Å². The number of nitrogens with zero attached hydrogens (tertiary/aromatic N) is 2. The Morgan fingerprint density at radius 1 is 1.38 bits per heavy atom. The van der Waals surface area contributed by atoms with Gasteiger partial charge in [-0.2, -0.15) is 5.10 Å². The van der Waals surface area contributed by atoms with Crippen molar-refractivity contribution in [3.05, 3.63) is 53.9 Å². The third kappa shape index (κ3) is 4.90. The number of amides is 1. The molecule has 1 aliphatic heterocycles. The van der Waals surface area contributed by atoms with Crippen molar-refractivity contribution < 1.29 is 24.2 Å². The molecular formula is C18H21N3O5. The zero-order valence-electron chi connectivity index (χ0n) is 14.2. The van der Waals surface area contributed by atoms with Crippen LogP contribution >= 0.6 is 0 Å². The third-order valence-corrected chi connectivity index (χ3v) is 4.12. The van der Waals surface area contributed by atoms with Gasteiger partial charge >= 0.3 is 5.97 Å². The van der Waals surface area contributed by atoms with Gasteiger partial charge in [-0.05, 0) is 30.2 Å². The van der Waals surface area contributed by atoms with Crippen molar-refractivity contribution in [3.8, 4) is 0 Å². The highest BCUT2D eigenvalue weighted by Crippen LogP contribution is 2.14. The molecule has 1 aliphatic rings. The minimum absolute atomic E-state index is 0.244. The van der Waals surface area contributed by atoms with Gasteiger partial charge in [0.1, 0.15) is 6.61 Å². The largest absolute Gasteiger partial charge is 0.480 e. The number of aliphatic carboxylic acids is 1. The lowest BCUT2D eigenvalue weighted by molar-refractivity contribution is -0.147. The minimum atomic E-state index is -1.03. The second-order valence-electron chi connectivity index (χ2n) is 6.09. The van der Waals surface area contributed by atoms with Crippen molar-refractivity contribution in [1.29, 1.82) is 0 Å². The standard InChI is InChI=1S/C18H21N3O5/c22-17(23)12-26-16-5-8-25-11-15(16)20-18(24)14-4-1-3-13(9-14)10-21-7-2-6-19-21/h1-4,6-7,9,15-16H,5,8,10-12H2,(H,20,24)(H,22,23)/t15-,16+/m1/s1. The van der Waals surface area contributed by atoms with E-state index in [1.54, 1.807) is 16.9 Å². The van der Waals surface area contributed by atoms with Crippen LogP contribution in [0.1, 0.15) is 22.3 Å². The van der Waals surface area contributed by atoms with E-state index < -0.39 is 12.6 Å². The van der Waals surface area contributed by atoms with Crippen LogP contribution in [0.25, 0.3) is 0 Å². The highest BCUT2D eigenvalue weighted by Gasteiger charge is 2.28. The number of carbonyl (C=O) groups excluding carboxylic acids is 1. The van der Waals surface area contributed by atoms with Crippen molar-refractivity contribution >= 4 is 11.9 Å². The van der Waals surface area contributed by atoms with E-state index in [-0.39, 0.29) is 18.1 Å². The van der Waals surface area contributed by atoms with Crippen LogP contribution < -0.4 is 5.32 Å². The van der Waals surface area contributed by atoms with Crippen LogP contribution in [0.4, 0.5) is 0 Å². The Morgan fingerprint density at radius 2 is 2.27 bits per heavy atom. The van der Waals surface area contributed by atoms with Gasteiger partial charge in [0.15, 0.2) is 0 Å². The maximum absolute atomic E-state index is 12.6. The van der Waals surface area contributed by atoms with Crippen molar-refractivity contribution in [3.63, 3.8) is 0 Å². The molecule has 1 fully saturated rings. The van der Waals surface area contributed by atoms with Gasteiger partial charge in [-0.15, -0.1) is 0 Å². The van der Waals surface area contributed by atoms with Crippen molar-refractivity contribution in [2.45, 2.75) is 25.1 Å². The first-order valence-electron chi connectivity index (χ1n) is 8.40. The number of carbonyl (C=O) groups is 2.